The third kappa shape index (κ3) is 4.44. The molecule has 1 saturated heterocycles. The monoisotopic (exact) mass is 251 g/mol. The Morgan fingerprint density at radius 1 is 1.56 bits per heavy atom. The van der Waals surface area contributed by atoms with Crippen LogP contribution in [0.15, 0.2) is 23.0 Å². The molecule has 4 heteroatoms. The molecular formula is C14H25N3O. The van der Waals surface area contributed by atoms with Gasteiger partial charge in [0, 0.05) is 38.3 Å². The standard InChI is InChI=1S/C14H25N3O/c1-16-6-3-14(10-16)11-17(2)7-5-15-9-13-4-8-18-12-13/h4,8,12,14-15H,3,5-7,9-11H2,1-2H3. The van der Waals surface area contributed by atoms with Crippen molar-refractivity contribution in [1.29, 1.82) is 0 Å². The molecule has 1 N–H and O–H groups in total. The fourth-order valence-electron chi connectivity index (χ4n) is 2.60. The van der Waals surface area contributed by atoms with Crippen molar-refractivity contribution >= 4 is 0 Å². The molecule has 1 aliphatic rings. The largest absolute Gasteiger partial charge is 0.472 e. The van der Waals surface area contributed by atoms with E-state index in [4.69, 9.17) is 4.42 Å². The Bertz CT molecular complexity index is 326. The topological polar surface area (TPSA) is 31.6 Å². The van der Waals surface area contributed by atoms with Gasteiger partial charge in [0.1, 0.15) is 0 Å². The summed E-state index contributed by atoms with van der Waals surface area (Å²) in [6, 6.07) is 2.01. The van der Waals surface area contributed by atoms with E-state index in [0.29, 0.717) is 0 Å². The molecule has 4 nitrogen and oxygen atoms in total. The highest BCUT2D eigenvalue weighted by Gasteiger charge is 2.20. The van der Waals surface area contributed by atoms with Crippen molar-refractivity contribution in [2.24, 2.45) is 5.92 Å². The summed E-state index contributed by atoms with van der Waals surface area (Å²) in [5.41, 5.74) is 1.22. The van der Waals surface area contributed by atoms with Gasteiger partial charge in [0.15, 0.2) is 0 Å². The SMILES string of the molecule is CN(CCNCc1ccoc1)CC1CCN(C)C1. The van der Waals surface area contributed by atoms with Crippen LogP contribution in [0.2, 0.25) is 0 Å². The van der Waals surface area contributed by atoms with E-state index in [0.717, 1.165) is 25.6 Å². The third-order valence-electron chi connectivity index (χ3n) is 3.64. The minimum Gasteiger partial charge on any atom is -0.472 e. The van der Waals surface area contributed by atoms with Crippen molar-refractivity contribution in [1.82, 2.24) is 15.1 Å². The van der Waals surface area contributed by atoms with E-state index in [1.807, 2.05) is 6.07 Å². The maximum atomic E-state index is 5.04. The Labute approximate surface area is 110 Å². The third-order valence-corrected chi connectivity index (χ3v) is 3.64. The summed E-state index contributed by atoms with van der Waals surface area (Å²) < 4.78 is 5.04. The van der Waals surface area contributed by atoms with Gasteiger partial charge in [-0.15, -0.1) is 0 Å². The van der Waals surface area contributed by atoms with Gasteiger partial charge in [-0.1, -0.05) is 0 Å². The molecule has 0 aliphatic carbocycles. The highest BCUT2D eigenvalue weighted by atomic mass is 16.3. The Hall–Kier alpha value is -0.840. The molecule has 0 spiro atoms. The predicted molar refractivity (Wildman–Crippen MR) is 73.5 cm³/mol. The van der Waals surface area contributed by atoms with Gasteiger partial charge in [0.05, 0.1) is 12.5 Å². The normalized spacial score (nSPS) is 20.9. The number of furan rings is 1. The van der Waals surface area contributed by atoms with Crippen LogP contribution in [0.1, 0.15) is 12.0 Å². The molecule has 102 valence electrons. The summed E-state index contributed by atoms with van der Waals surface area (Å²) in [5.74, 6) is 0.855. The molecule has 1 unspecified atom stereocenters. The van der Waals surface area contributed by atoms with Gasteiger partial charge in [-0.2, -0.15) is 0 Å². The number of nitrogens with zero attached hydrogens (tertiary/aromatic N) is 2. The Kier molecular flexibility index (Phi) is 5.23. The minimum absolute atomic E-state index is 0.855. The van der Waals surface area contributed by atoms with Crippen LogP contribution in [-0.4, -0.2) is 56.6 Å². The van der Waals surface area contributed by atoms with Crippen molar-refractivity contribution in [3.63, 3.8) is 0 Å². The molecule has 0 amide bonds. The molecule has 0 aromatic carbocycles. The lowest BCUT2D eigenvalue weighted by molar-refractivity contribution is 0.273. The van der Waals surface area contributed by atoms with E-state index in [2.05, 4.69) is 29.2 Å². The summed E-state index contributed by atoms with van der Waals surface area (Å²) in [7, 11) is 4.43. The van der Waals surface area contributed by atoms with Gasteiger partial charge in [0.25, 0.3) is 0 Å². The lowest BCUT2D eigenvalue weighted by atomic mass is 10.1. The van der Waals surface area contributed by atoms with Gasteiger partial charge < -0.3 is 19.5 Å². The molecule has 1 aromatic heterocycles. The van der Waals surface area contributed by atoms with E-state index >= 15 is 0 Å². The quantitative estimate of drug-likeness (QED) is 0.739. The maximum absolute atomic E-state index is 5.04. The Balaban J connectivity index is 1.53. The number of hydrogen-bond acceptors (Lipinski definition) is 4. The molecule has 1 aromatic rings. The summed E-state index contributed by atoms with van der Waals surface area (Å²) in [5, 5.41) is 3.44. The highest BCUT2D eigenvalue weighted by molar-refractivity contribution is 5.04. The molecule has 18 heavy (non-hydrogen) atoms. The highest BCUT2D eigenvalue weighted by Crippen LogP contribution is 2.14. The number of rotatable bonds is 7. The van der Waals surface area contributed by atoms with Crippen LogP contribution in [0, 0.1) is 5.92 Å². The summed E-state index contributed by atoms with van der Waals surface area (Å²) in [6.07, 6.45) is 4.87. The van der Waals surface area contributed by atoms with Crippen molar-refractivity contribution in [2.75, 3.05) is 46.8 Å². The fourth-order valence-corrected chi connectivity index (χ4v) is 2.60. The summed E-state index contributed by atoms with van der Waals surface area (Å²) in [6.45, 7) is 6.78. The van der Waals surface area contributed by atoms with E-state index < -0.39 is 0 Å². The number of likely N-dealkylation sites (N-methyl/N-ethyl adjacent to an activating group) is 1. The van der Waals surface area contributed by atoms with Crippen molar-refractivity contribution in [2.45, 2.75) is 13.0 Å². The van der Waals surface area contributed by atoms with Gasteiger partial charge in [-0.3, -0.25) is 0 Å². The van der Waals surface area contributed by atoms with Crippen LogP contribution in [0.3, 0.4) is 0 Å². The average Bonchev–Trinajstić information content (AvgIpc) is 2.96. The zero-order valence-corrected chi connectivity index (χ0v) is 11.6. The van der Waals surface area contributed by atoms with Crippen LogP contribution < -0.4 is 5.32 Å². The molecule has 0 bridgehead atoms. The minimum atomic E-state index is 0.855. The average molecular weight is 251 g/mol. The van der Waals surface area contributed by atoms with Gasteiger partial charge in [-0.05, 0) is 39.0 Å². The van der Waals surface area contributed by atoms with Crippen LogP contribution in [0.25, 0.3) is 0 Å². The molecule has 1 fully saturated rings. The van der Waals surface area contributed by atoms with Crippen LogP contribution in [0.5, 0.6) is 0 Å². The first-order chi connectivity index (χ1) is 8.74. The second kappa shape index (κ2) is 6.92. The molecular weight excluding hydrogens is 226 g/mol. The maximum Gasteiger partial charge on any atom is 0.0947 e. The molecule has 0 saturated carbocycles. The first kappa shape index (κ1) is 13.6. The predicted octanol–water partition coefficient (Wildman–Crippen LogP) is 1.25. The summed E-state index contributed by atoms with van der Waals surface area (Å²) in [4.78, 5) is 4.86. The number of hydrogen-bond donors (Lipinski definition) is 1. The van der Waals surface area contributed by atoms with Crippen molar-refractivity contribution in [3.05, 3.63) is 24.2 Å². The summed E-state index contributed by atoms with van der Waals surface area (Å²) >= 11 is 0. The second-order valence-corrected chi connectivity index (χ2v) is 5.49. The van der Waals surface area contributed by atoms with E-state index in [1.54, 1.807) is 12.5 Å². The first-order valence-electron chi connectivity index (χ1n) is 6.83. The Morgan fingerprint density at radius 3 is 3.11 bits per heavy atom. The van der Waals surface area contributed by atoms with E-state index in [9.17, 15) is 0 Å². The van der Waals surface area contributed by atoms with Crippen molar-refractivity contribution < 1.29 is 4.42 Å². The van der Waals surface area contributed by atoms with Crippen molar-refractivity contribution in [3.8, 4) is 0 Å². The van der Waals surface area contributed by atoms with Crippen LogP contribution in [-0.2, 0) is 6.54 Å². The van der Waals surface area contributed by atoms with Crippen LogP contribution >= 0.6 is 0 Å². The molecule has 2 rings (SSSR count). The smallest absolute Gasteiger partial charge is 0.0947 e. The van der Waals surface area contributed by atoms with Gasteiger partial charge in [0.2, 0.25) is 0 Å². The lowest BCUT2D eigenvalue weighted by Gasteiger charge is -2.20. The zero-order chi connectivity index (χ0) is 12.8. The lowest BCUT2D eigenvalue weighted by Crippen LogP contribution is -2.33. The van der Waals surface area contributed by atoms with Crippen LogP contribution in [0.4, 0.5) is 0 Å². The van der Waals surface area contributed by atoms with Gasteiger partial charge >= 0.3 is 0 Å². The number of likely N-dealkylation sites (tertiary alicyclic amines) is 1. The number of nitrogens with one attached hydrogen (secondary N) is 1. The Morgan fingerprint density at radius 2 is 2.44 bits per heavy atom. The molecule has 2 heterocycles. The molecule has 1 atom stereocenters. The molecule has 0 radical (unpaired) electrons. The zero-order valence-electron chi connectivity index (χ0n) is 11.6. The van der Waals surface area contributed by atoms with Gasteiger partial charge in [-0.25, -0.2) is 0 Å². The van der Waals surface area contributed by atoms with E-state index in [1.165, 1.54) is 31.6 Å². The second-order valence-electron chi connectivity index (χ2n) is 5.49. The molecule has 1 aliphatic heterocycles. The fraction of sp³-hybridized carbons (Fsp3) is 0.714. The van der Waals surface area contributed by atoms with E-state index in [-0.39, 0.29) is 0 Å². The first-order valence-corrected chi connectivity index (χ1v) is 6.83.